The Morgan fingerprint density at radius 2 is 2.00 bits per heavy atom. The lowest BCUT2D eigenvalue weighted by Gasteiger charge is -2.59. The van der Waals surface area contributed by atoms with Gasteiger partial charge in [0.2, 0.25) is 0 Å². The van der Waals surface area contributed by atoms with E-state index >= 15 is 0 Å². The van der Waals surface area contributed by atoms with Gasteiger partial charge in [-0.1, -0.05) is 20.8 Å². The van der Waals surface area contributed by atoms with Gasteiger partial charge in [-0.25, -0.2) is 0 Å². The molecule has 6 atom stereocenters. The van der Waals surface area contributed by atoms with Crippen LogP contribution in [0.2, 0.25) is 0 Å². The molecular weight excluding hydrogens is 276 g/mol. The molecule has 4 nitrogen and oxygen atoms in total. The lowest BCUT2D eigenvalue weighted by Crippen LogP contribution is -2.66. The lowest BCUT2D eigenvalue weighted by atomic mass is 9.51. The van der Waals surface area contributed by atoms with Gasteiger partial charge in [0, 0.05) is 17.8 Å². The second-order valence-corrected chi connectivity index (χ2v) is 8.19. The normalized spacial score (nSPS) is 52.0. The molecule has 3 fully saturated rings. The smallest absolute Gasteiger partial charge is 0.299 e. The van der Waals surface area contributed by atoms with E-state index in [-0.39, 0.29) is 17.4 Å². The molecule has 1 unspecified atom stereocenters. The van der Waals surface area contributed by atoms with E-state index in [1.54, 1.807) is 0 Å². The first-order chi connectivity index (χ1) is 9.28. The van der Waals surface area contributed by atoms with Crippen LogP contribution in [0.4, 0.5) is 0 Å². The van der Waals surface area contributed by atoms with Crippen molar-refractivity contribution >= 4 is 17.1 Å². The highest BCUT2D eigenvalue weighted by Gasteiger charge is 2.64. The third-order valence-electron chi connectivity index (χ3n) is 5.88. The molecule has 0 aromatic rings. The fourth-order valence-corrected chi connectivity index (χ4v) is 5.70. The van der Waals surface area contributed by atoms with Crippen LogP contribution in [0.3, 0.4) is 0 Å². The second kappa shape index (κ2) is 4.62. The van der Waals surface area contributed by atoms with E-state index in [0.717, 1.165) is 12.8 Å². The van der Waals surface area contributed by atoms with Crippen molar-refractivity contribution in [3.8, 4) is 0 Å². The van der Waals surface area contributed by atoms with Crippen molar-refractivity contribution in [1.29, 1.82) is 0 Å². The Labute approximate surface area is 123 Å². The predicted octanol–water partition coefficient (Wildman–Crippen LogP) is 2.79. The summed E-state index contributed by atoms with van der Waals surface area (Å²) in [6.45, 7) is 8.43. The van der Waals surface area contributed by atoms with Gasteiger partial charge < -0.3 is 0 Å². The average molecular weight is 300 g/mol. The molecule has 0 amide bonds. The molecular formula is C15H24O4S. The topological polar surface area (TPSA) is 52.6 Å². The number of Topliss-reactive ketones (excluding diaryl/α,β-unsaturated/α-hetero) is 1. The molecule has 3 rings (SSSR count). The molecule has 1 saturated heterocycles. The zero-order chi connectivity index (χ0) is 14.7. The standard InChI is InChI=1S/C15H24O4S/c1-9(2)10-5-7-14(3)11(16)6-8-15(4)13(14)12(10)18-20(17)19-15/h9-10,12-13H,5-8H2,1-4H3/t10-,12+,13?,14-,15-,20-/m0/s1. The Bertz CT molecular complexity index is 463. The van der Waals surface area contributed by atoms with Crippen molar-refractivity contribution in [2.45, 2.75) is 65.1 Å². The van der Waals surface area contributed by atoms with Gasteiger partial charge in [-0.05, 0) is 38.0 Å². The van der Waals surface area contributed by atoms with Gasteiger partial charge in [0.15, 0.2) is 0 Å². The van der Waals surface area contributed by atoms with Gasteiger partial charge in [-0.15, -0.1) is 0 Å². The summed E-state index contributed by atoms with van der Waals surface area (Å²) in [4.78, 5) is 12.5. The van der Waals surface area contributed by atoms with Crippen molar-refractivity contribution in [3.63, 3.8) is 0 Å². The highest BCUT2D eigenvalue weighted by Crippen LogP contribution is 2.58. The molecule has 1 aliphatic heterocycles. The number of hydrogen-bond donors (Lipinski definition) is 0. The predicted molar refractivity (Wildman–Crippen MR) is 75.9 cm³/mol. The number of rotatable bonds is 1. The van der Waals surface area contributed by atoms with E-state index in [4.69, 9.17) is 8.37 Å². The maximum atomic E-state index is 12.5. The van der Waals surface area contributed by atoms with E-state index in [0.29, 0.717) is 30.5 Å². The molecule has 3 aliphatic rings. The number of carbonyl (C=O) groups excluding carboxylic acids is 1. The van der Waals surface area contributed by atoms with Crippen LogP contribution in [-0.4, -0.2) is 21.7 Å². The van der Waals surface area contributed by atoms with Crippen molar-refractivity contribution < 1.29 is 17.4 Å². The zero-order valence-electron chi connectivity index (χ0n) is 12.7. The summed E-state index contributed by atoms with van der Waals surface area (Å²) >= 11 is -1.69. The second-order valence-electron chi connectivity index (χ2n) is 7.43. The highest BCUT2D eigenvalue weighted by atomic mass is 32.2. The van der Waals surface area contributed by atoms with Gasteiger partial charge in [-0.2, -0.15) is 4.21 Å². The summed E-state index contributed by atoms with van der Waals surface area (Å²) < 4.78 is 23.3. The summed E-state index contributed by atoms with van der Waals surface area (Å²) in [6.07, 6.45) is 2.92. The number of carbonyl (C=O) groups is 1. The quantitative estimate of drug-likeness (QED) is 0.747. The van der Waals surface area contributed by atoms with Crippen LogP contribution < -0.4 is 0 Å². The highest BCUT2D eigenvalue weighted by molar-refractivity contribution is 7.75. The van der Waals surface area contributed by atoms with E-state index in [1.807, 2.05) is 6.92 Å². The SMILES string of the molecule is CC(C)[C@@H]1CC[C@@]2(C)C(=O)CC[C@]3(C)O[S@@](=O)O[C@H]1C23. The summed E-state index contributed by atoms with van der Waals surface area (Å²) in [6, 6.07) is 0. The molecule has 0 spiro atoms. The van der Waals surface area contributed by atoms with Crippen molar-refractivity contribution in [2.24, 2.45) is 23.2 Å². The van der Waals surface area contributed by atoms with Gasteiger partial charge in [0.25, 0.3) is 0 Å². The molecule has 0 bridgehead atoms. The van der Waals surface area contributed by atoms with Crippen molar-refractivity contribution in [1.82, 2.24) is 0 Å². The Kier molecular flexibility index (Phi) is 3.39. The lowest BCUT2D eigenvalue weighted by molar-refractivity contribution is -0.193. The fraction of sp³-hybridized carbons (Fsp3) is 0.933. The first-order valence-corrected chi connectivity index (χ1v) is 8.59. The monoisotopic (exact) mass is 300 g/mol. The van der Waals surface area contributed by atoms with Crippen LogP contribution in [0.15, 0.2) is 0 Å². The maximum Gasteiger partial charge on any atom is 0.305 e. The van der Waals surface area contributed by atoms with Gasteiger partial charge in [-0.3, -0.25) is 13.2 Å². The molecule has 0 radical (unpaired) electrons. The van der Waals surface area contributed by atoms with Crippen LogP contribution in [0.1, 0.15) is 53.4 Å². The summed E-state index contributed by atoms with van der Waals surface area (Å²) in [5.74, 6) is 1.16. The molecule has 2 aliphatic carbocycles. The van der Waals surface area contributed by atoms with Crippen LogP contribution in [0.25, 0.3) is 0 Å². The third-order valence-corrected chi connectivity index (χ3v) is 6.78. The molecule has 20 heavy (non-hydrogen) atoms. The minimum absolute atomic E-state index is 0.0232. The Morgan fingerprint density at radius 3 is 2.65 bits per heavy atom. The van der Waals surface area contributed by atoms with E-state index in [2.05, 4.69) is 20.8 Å². The fourth-order valence-electron chi connectivity index (χ4n) is 4.73. The molecule has 0 aromatic carbocycles. The summed E-state index contributed by atoms with van der Waals surface area (Å²) in [7, 11) is 0. The first kappa shape index (κ1) is 14.7. The largest absolute Gasteiger partial charge is 0.305 e. The minimum atomic E-state index is -1.69. The van der Waals surface area contributed by atoms with Crippen LogP contribution in [-0.2, 0) is 24.5 Å². The molecule has 0 aromatic heterocycles. The zero-order valence-corrected chi connectivity index (χ0v) is 13.5. The van der Waals surface area contributed by atoms with Gasteiger partial charge in [0.05, 0.1) is 11.7 Å². The summed E-state index contributed by atoms with van der Waals surface area (Å²) in [5.41, 5.74) is -0.877. The first-order valence-electron chi connectivity index (χ1n) is 7.59. The van der Waals surface area contributed by atoms with Crippen LogP contribution in [0.5, 0.6) is 0 Å². The molecule has 114 valence electrons. The van der Waals surface area contributed by atoms with E-state index < -0.39 is 17.0 Å². The molecule has 5 heteroatoms. The molecule has 2 saturated carbocycles. The summed E-state index contributed by atoms with van der Waals surface area (Å²) in [5, 5.41) is 0. The Balaban J connectivity index is 2.06. The van der Waals surface area contributed by atoms with Crippen LogP contribution in [0, 0.1) is 23.2 Å². The van der Waals surface area contributed by atoms with Gasteiger partial charge in [0.1, 0.15) is 5.78 Å². The maximum absolute atomic E-state index is 12.5. The Morgan fingerprint density at radius 1 is 1.30 bits per heavy atom. The van der Waals surface area contributed by atoms with E-state index in [9.17, 15) is 9.00 Å². The average Bonchev–Trinajstić information content (AvgIpc) is 2.33. The number of ketones is 1. The molecule has 1 heterocycles. The van der Waals surface area contributed by atoms with Crippen molar-refractivity contribution in [2.75, 3.05) is 0 Å². The molecule has 0 N–H and O–H groups in total. The van der Waals surface area contributed by atoms with Crippen LogP contribution >= 0.6 is 0 Å². The minimum Gasteiger partial charge on any atom is -0.299 e. The van der Waals surface area contributed by atoms with Crippen molar-refractivity contribution in [3.05, 3.63) is 0 Å². The third kappa shape index (κ3) is 1.93. The Hall–Kier alpha value is -0.260. The number of hydrogen-bond acceptors (Lipinski definition) is 4. The van der Waals surface area contributed by atoms with Gasteiger partial charge >= 0.3 is 11.4 Å². The van der Waals surface area contributed by atoms with E-state index in [1.165, 1.54) is 0 Å².